The fourth-order valence-electron chi connectivity index (χ4n) is 2.38. The molecule has 2 aromatic rings. The summed E-state index contributed by atoms with van der Waals surface area (Å²) in [7, 11) is 1.63. The van der Waals surface area contributed by atoms with E-state index in [0.29, 0.717) is 37.0 Å². The van der Waals surface area contributed by atoms with Gasteiger partial charge in [0.05, 0.1) is 6.54 Å². The number of amides is 2. The minimum absolute atomic E-state index is 0.292. The SMILES string of the molecule is Cc1oc(-c2ccccc2)nc1CN1CCN(C)C(=O)C1=O. The molecule has 2 heterocycles. The molecule has 3 rings (SSSR count). The highest BCUT2D eigenvalue weighted by Crippen LogP contribution is 2.22. The molecule has 0 spiro atoms. The number of aryl methyl sites for hydroxylation is 1. The van der Waals surface area contributed by atoms with Crippen LogP contribution < -0.4 is 0 Å². The number of likely N-dealkylation sites (N-methyl/N-ethyl adjacent to an activating group) is 1. The van der Waals surface area contributed by atoms with Gasteiger partial charge in [-0.2, -0.15) is 0 Å². The van der Waals surface area contributed by atoms with Crippen LogP contribution in [0.15, 0.2) is 34.7 Å². The topological polar surface area (TPSA) is 66.7 Å². The Balaban J connectivity index is 1.80. The molecule has 0 saturated carbocycles. The number of aromatic nitrogens is 1. The summed E-state index contributed by atoms with van der Waals surface area (Å²) in [5.41, 5.74) is 1.57. The Labute approximate surface area is 128 Å². The molecule has 1 fully saturated rings. The highest BCUT2D eigenvalue weighted by molar-refractivity contribution is 6.35. The van der Waals surface area contributed by atoms with Crippen LogP contribution in [-0.4, -0.2) is 46.7 Å². The molecule has 6 nitrogen and oxygen atoms in total. The van der Waals surface area contributed by atoms with E-state index < -0.39 is 11.8 Å². The Morgan fingerprint density at radius 3 is 2.59 bits per heavy atom. The van der Waals surface area contributed by atoms with Crippen molar-refractivity contribution in [2.24, 2.45) is 0 Å². The maximum absolute atomic E-state index is 12.0. The van der Waals surface area contributed by atoms with Crippen LogP contribution in [0.3, 0.4) is 0 Å². The Bertz CT molecular complexity index is 709. The highest BCUT2D eigenvalue weighted by Gasteiger charge is 2.31. The van der Waals surface area contributed by atoms with Gasteiger partial charge in [-0.15, -0.1) is 0 Å². The average molecular weight is 299 g/mol. The lowest BCUT2D eigenvalue weighted by atomic mass is 10.2. The second-order valence-corrected chi connectivity index (χ2v) is 5.34. The first-order chi connectivity index (χ1) is 10.6. The number of carbonyl (C=O) groups is 2. The van der Waals surface area contributed by atoms with Gasteiger partial charge in [0.1, 0.15) is 11.5 Å². The van der Waals surface area contributed by atoms with Crippen molar-refractivity contribution in [3.05, 3.63) is 41.8 Å². The van der Waals surface area contributed by atoms with Gasteiger partial charge in [-0.3, -0.25) is 9.59 Å². The smallest absolute Gasteiger partial charge is 0.312 e. The van der Waals surface area contributed by atoms with Crippen LogP contribution in [0, 0.1) is 6.92 Å². The summed E-state index contributed by atoms with van der Waals surface area (Å²) in [6, 6.07) is 9.59. The Morgan fingerprint density at radius 1 is 1.14 bits per heavy atom. The van der Waals surface area contributed by atoms with Crippen molar-refractivity contribution in [2.75, 3.05) is 20.1 Å². The van der Waals surface area contributed by atoms with E-state index in [0.717, 1.165) is 5.56 Å². The fourth-order valence-corrected chi connectivity index (χ4v) is 2.38. The first-order valence-electron chi connectivity index (χ1n) is 7.12. The third kappa shape index (κ3) is 2.59. The van der Waals surface area contributed by atoms with E-state index >= 15 is 0 Å². The largest absolute Gasteiger partial charge is 0.441 e. The Hall–Kier alpha value is -2.63. The standard InChI is InChI=1S/C16H17N3O3/c1-11-13(10-19-9-8-18(2)15(20)16(19)21)17-14(22-11)12-6-4-3-5-7-12/h3-7H,8-10H2,1-2H3. The van der Waals surface area contributed by atoms with Crippen LogP contribution in [0.1, 0.15) is 11.5 Å². The van der Waals surface area contributed by atoms with E-state index in [2.05, 4.69) is 4.98 Å². The number of oxazole rings is 1. The summed E-state index contributed by atoms with van der Waals surface area (Å²) in [4.78, 5) is 31.2. The number of piperazine rings is 1. The molecular formula is C16H17N3O3. The molecule has 0 bridgehead atoms. The number of nitrogens with zero attached hydrogens (tertiary/aromatic N) is 3. The van der Waals surface area contributed by atoms with Crippen LogP contribution in [0.25, 0.3) is 11.5 Å². The zero-order valence-corrected chi connectivity index (χ0v) is 12.6. The van der Waals surface area contributed by atoms with Crippen molar-refractivity contribution in [1.29, 1.82) is 0 Å². The number of hydrogen-bond acceptors (Lipinski definition) is 4. The average Bonchev–Trinajstić information content (AvgIpc) is 2.90. The van der Waals surface area contributed by atoms with Gasteiger partial charge in [-0.25, -0.2) is 4.98 Å². The summed E-state index contributed by atoms with van der Waals surface area (Å²) < 4.78 is 5.68. The second kappa shape index (κ2) is 5.63. The number of benzene rings is 1. The highest BCUT2D eigenvalue weighted by atomic mass is 16.4. The van der Waals surface area contributed by atoms with Gasteiger partial charge in [0.25, 0.3) is 0 Å². The first kappa shape index (κ1) is 14.3. The Morgan fingerprint density at radius 2 is 1.86 bits per heavy atom. The molecule has 2 amide bonds. The van der Waals surface area contributed by atoms with Gasteiger partial charge in [-0.1, -0.05) is 18.2 Å². The Kier molecular flexibility index (Phi) is 3.66. The van der Waals surface area contributed by atoms with Gasteiger partial charge in [0.15, 0.2) is 0 Å². The predicted octanol–water partition coefficient (Wildman–Crippen LogP) is 1.45. The summed E-state index contributed by atoms with van der Waals surface area (Å²) in [6.45, 7) is 3.15. The van der Waals surface area contributed by atoms with Crippen LogP contribution in [0.2, 0.25) is 0 Å². The van der Waals surface area contributed by atoms with Gasteiger partial charge in [0, 0.05) is 25.7 Å². The minimum Gasteiger partial charge on any atom is -0.441 e. The molecule has 1 aromatic carbocycles. The van der Waals surface area contributed by atoms with E-state index in [1.807, 2.05) is 37.3 Å². The molecule has 1 saturated heterocycles. The molecule has 0 aliphatic carbocycles. The maximum Gasteiger partial charge on any atom is 0.312 e. The van der Waals surface area contributed by atoms with E-state index in [9.17, 15) is 9.59 Å². The van der Waals surface area contributed by atoms with Gasteiger partial charge >= 0.3 is 11.8 Å². The summed E-state index contributed by atoms with van der Waals surface area (Å²) in [5.74, 6) is 0.229. The fraction of sp³-hybridized carbons (Fsp3) is 0.312. The summed E-state index contributed by atoms with van der Waals surface area (Å²) >= 11 is 0. The molecule has 1 aromatic heterocycles. The van der Waals surface area contributed by atoms with Crippen molar-refractivity contribution in [3.8, 4) is 11.5 Å². The van der Waals surface area contributed by atoms with Gasteiger partial charge in [0.2, 0.25) is 5.89 Å². The van der Waals surface area contributed by atoms with Crippen molar-refractivity contribution < 1.29 is 14.0 Å². The third-order valence-corrected chi connectivity index (χ3v) is 3.78. The molecule has 1 aliphatic rings. The third-order valence-electron chi connectivity index (χ3n) is 3.78. The molecular weight excluding hydrogens is 282 g/mol. The number of hydrogen-bond donors (Lipinski definition) is 0. The number of carbonyl (C=O) groups excluding carboxylic acids is 2. The van der Waals surface area contributed by atoms with Crippen LogP contribution in [-0.2, 0) is 16.1 Å². The molecule has 1 aliphatic heterocycles. The first-order valence-corrected chi connectivity index (χ1v) is 7.12. The van der Waals surface area contributed by atoms with E-state index in [-0.39, 0.29) is 0 Å². The zero-order chi connectivity index (χ0) is 15.7. The monoisotopic (exact) mass is 299 g/mol. The lowest BCUT2D eigenvalue weighted by Crippen LogP contribution is -2.52. The van der Waals surface area contributed by atoms with E-state index in [1.54, 1.807) is 7.05 Å². The summed E-state index contributed by atoms with van der Waals surface area (Å²) in [6.07, 6.45) is 0. The summed E-state index contributed by atoms with van der Waals surface area (Å²) in [5, 5.41) is 0. The lowest BCUT2D eigenvalue weighted by molar-refractivity contribution is -0.155. The second-order valence-electron chi connectivity index (χ2n) is 5.34. The normalized spacial score (nSPS) is 15.5. The van der Waals surface area contributed by atoms with Crippen molar-refractivity contribution in [3.63, 3.8) is 0 Å². The molecule has 0 radical (unpaired) electrons. The quantitative estimate of drug-likeness (QED) is 0.805. The van der Waals surface area contributed by atoms with E-state index in [4.69, 9.17) is 4.42 Å². The van der Waals surface area contributed by atoms with Crippen molar-refractivity contribution in [1.82, 2.24) is 14.8 Å². The van der Waals surface area contributed by atoms with Crippen LogP contribution in [0.5, 0.6) is 0 Å². The van der Waals surface area contributed by atoms with Crippen LogP contribution in [0.4, 0.5) is 0 Å². The van der Waals surface area contributed by atoms with Crippen LogP contribution >= 0.6 is 0 Å². The number of rotatable bonds is 3. The van der Waals surface area contributed by atoms with Crippen molar-refractivity contribution >= 4 is 11.8 Å². The van der Waals surface area contributed by atoms with Gasteiger partial charge in [-0.05, 0) is 19.1 Å². The van der Waals surface area contributed by atoms with Crippen molar-refractivity contribution in [2.45, 2.75) is 13.5 Å². The maximum atomic E-state index is 12.0. The molecule has 22 heavy (non-hydrogen) atoms. The molecule has 0 unspecified atom stereocenters. The van der Waals surface area contributed by atoms with E-state index in [1.165, 1.54) is 9.80 Å². The molecule has 114 valence electrons. The molecule has 6 heteroatoms. The molecule has 0 atom stereocenters. The minimum atomic E-state index is -0.489. The van der Waals surface area contributed by atoms with Gasteiger partial charge < -0.3 is 14.2 Å². The molecule has 0 N–H and O–H groups in total. The zero-order valence-electron chi connectivity index (χ0n) is 12.6. The predicted molar refractivity (Wildman–Crippen MR) is 79.7 cm³/mol. The lowest BCUT2D eigenvalue weighted by Gasteiger charge is -2.30.